The summed E-state index contributed by atoms with van der Waals surface area (Å²) in [4.78, 5) is 11.1. The third-order valence-corrected chi connectivity index (χ3v) is 4.01. The minimum Gasteiger partial charge on any atom is -0.491 e. The lowest BCUT2D eigenvalue weighted by Gasteiger charge is -2.30. The molecule has 0 saturated carbocycles. The van der Waals surface area contributed by atoms with Gasteiger partial charge in [-0.3, -0.25) is 4.68 Å². The number of ether oxygens (including phenoxy) is 2. The minimum atomic E-state index is -1.03. The van der Waals surface area contributed by atoms with Gasteiger partial charge in [0.2, 0.25) is 0 Å². The molecule has 1 atom stereocenters. The van der Waals surface area contributed by atoms with Gasteiger partial charge in [0.15, 0.2) is 0 Å². The summed E-state index contributed by atoms with van der Waals surface area (Å²) in [5, 5.41) is 17.2. The Hall–Kier alpha value is -2.28. The van der Waals surface area contributed by atoms with Gasteiger partial charge in [-0.05, 0) is 11.5 Å². The van der Waals surface area contributed by atoms with Crippen molar-refractivity contribution in [1.82, 2.24) is 15.1 Å². The molecule has 0 fully saturated rings. The number of fused-ring (bicyclic) bond motifs is 1. The van der Waals surface area contributed by atoms with E-state index >= 15 is 0 Å². The fourth-order valence-electron chi connectivity index (χ4n) is 2.54. The standard InChI is InChI=1S/C18H27N3O4/c1-18(2,3)15(19-17(22)23)12-21-11-13-7-5-8-14(16(13)20-21)25-10-6-9-24-4/h5,7-8,11,15,19H,6,9-10,12H2,1-4H3,(H,22,23). The highest BCUT2D eigenvalue weighted by Crippen LogP contribution is 2.26. The Balaban J connectivity index is 2.17. The molecule has 1 amide bonds. The van der Waals surface area contributed by atoms with Crippen molar-refractivity contribution in [2.75, 3.05) is 20.3 Å². The Morgan fingerprint density at radius 3 is 2.76 bits per heavy atom. The Morgan fingerprint density at radius 1 is 1.36 bits per heavy atom. The lowest BCUT2D eigenvalue weighted by atomic mass is 9.87. The van der Waals surface area contributed by atoms with Gasteiger partial charge in [-0.15, -0.1) is 0 Å². The van der Waals surface area contributed by atoms with Gasteiger partial charge in [0.05, 0.1) is 19.2 Å². The van der Waals surface area contributed by atoms with Gasteiger partial charge >= 0.3 is 6.09 Å². The van der Waals surface area contributed by atoms with E-state index < -0.39 is 6.09 Å². The molecule has 138 valence electrons. The van der Waals surface area contributed by atoms with Crippen LogP contribution in [0.5, 0.6) is 5.75 Å². The lowest BCUT2D eigenvalue weighted by molar-refractivity contribution is 0.168. The summed E-state index contributed by atoms with van der Waals surface area (Å²) in [6.07, 6.45) is 1.70. The molecule has 2 N–H and O–H groups in total. The Labute approximate surface area is 147 Å². The Bertz CT molecular complexity index is 706. The monoisotopic (exact) mass is 349 g/mol. The summed E-state index contributed by atoms with van der Waals surface area (Å²) >= 11 is 0. The maximum atomic E-state index is 11.1. The molecule has 0 aliphatic carbocycles. The molecule has 7 nitrogen and oxygen atoms in total. The van der Waals surface area contributed by atoms with Gasteiger partial charge in [0.25, 0.3) is 0 Å². The molecule has 1 aromatic carbocycles. The fraction of sp³-hybridized carbons (Fsp3) is 0.556. The zero-order valence-electron chi connectivity index (χ0n) is 15.3. The number of nitrogens with one attached hydrogen (secondary N) is 1. The minimum absolute atomic E-state index is 0.226. The number of hydrogen-bond donors (Lipinski definition) is 2. The van der Waals surface area contributed by atoms with E-state index in [4.69, 9.17) is 14.6 Å². The van der Waals surface area contributed by atoms with Crippen molar-refractivity contribution < 1.29 is 19.4 Å². The van der Waals surface area contributed by atoms with E-state index in [1.54, 1.807) is 11.8 Å². The Kier molecular flexibility index (Phi) is 6.25. The molecule has 7 heteroatoms. The van der Waals surface area contributed by atoms with Crippen LogP contribution in [0.4, 0.5) is 4.79 Å². The highest BCUT2D eigenvalue weighted by atomic mass is 16.5. The van der Waals surface area contributed by atoms with Crippen molar-refractivity contribution in [1.29, 1.82) is 0 Å². The molecule has 0 radical (unpaired) electrons. The third kappa shape index (κ3) is 5.35. The maximum Gasteiger partial charge on any atom is 0.404 e. The van der Waals surface area contributed by atoms with Crippen molar-refractivity contribution in [2.24, 2.45) is 5.41 Å². The number of rotatable bonds is 8. The zero-order valence-corrected chi connectivity index (χ0v) is 15.3. The average Bonchev–Trinajstić information content (AvgIpc) is 2.93. The summed E-state index contributed by atoms with van der Waals surface area (Å²) < 4.78 is 12.6. The van der Waals surface area contributed by atoms with Gasteiger partial charge in [-0.25, -0.2) is 4.79 Å². The average molecular weight is 349 g/mol. The van der Waals surface area contributed by atoms with Gasteiger partial charge in [0, 0.05) is 31.7 Å². The van der Waals surface area contributed by atoms with Crippen molar-refractivity contribution in [2.45, 2.75) is 39.8 Å². The van der Waals surface area contributed by atoms with E-state index in [9.17, 15) is 4.79 Å². The highest BCUT2D eigenvalue weighted by Gasteiger charge is 2.27. The van der Waals surface area contributed by atoms with Crippen LogP contribution in [0.15, 0.2) is 24.4 Å². The molecule has 1 unspecified atom stereocenters. The van der Waals surface area contributed by atoms with Crippen LogP contribution in [0, 0.1) is 5.41 Å². The normalized spacial score (nSPS) is 13.0. The molecule has 0 saturated heterocycles. The molecule has 0 spiro atoms. The topological polar surface area (TPSA) is 85.6 Å². The van der Waals surface area contributed by atoms with Gasteiger partial charge in [-0.2, -0.15) is 5.10 Å². The second kappa shape index (κ2) is 8.20. The first-order valence-electron chi connectivity index (χ1n) is 8.38. The van der Waals surface area contributed by atoms with E-state index in [1.165, 1.54) is 0 Å². The van der Waals surface area contributed by atoms with Crippen LogP contribution >= 0.6 is 0 Å². The predicted molar refractivity (Wildman–Crippen MR) is 96.1 cm³/mol. The van der Waals surface area contributed by atoms with Crippen LogP contribution in [0.1, 0.15) is 27.2 Å². The quantitative estimate of drug-likeness (QED) is 0.715. The molecule has 25 heavy (non-hydrogen) atoms. The fourth-order valence-corrected chi connectivity index (χ4v) is 2.54. The summed E-state index contributed by atoms with van der Waals surface area (Å²) in [6, 6.07) is 5.53. The molecule has 1 heterocycles. The lowest BCUT2D eigenvalue weighted by Crippen LogP contribution is -2.45. The van der Waals surface area contributed by atoms with E-state index in [2.05, 4.69) is 10.4 Å². The van der Waals surface area contributed by atoms with Gasteiger partial charge in [-0.1, -0.05) is 32.9 Å². The van der Waals surface area contributed by atoms with Crippen molar-refractivity contribution in [3.8, 4) is 5.75 Å². The molecular weight excluding hydrogens is 322 g/mol. The van der Waals surface area contributed by atoms with Gasteiger partial charge in [0.1, 0.15) is 11.3 Å². The Morgan fingerprint density at radius 2 is 2.12 bits per heavy atom. The number of carbonyl (C=O) groups is 1. The molecule has 2 rings (SSSR count). The van der Waals surface area contributed by atoms with Crippen LogP contribution in [-0.4, -0.2) is 47.3 Å². The number of aromatic nitrogens is 2. The van der Waals surface area contributed by atoms with Crippen LogP contribution in [-0.2, 0) is 11.3 Å². The summed E-state index contributed by atoms with van der Waals surface area (Å²) in [5.74, 6) is 0.728. The number of nitrogens with zero attached hydrogens (tertiary/aromatic N) is 2. The van der Waals surface area contributed by atoms with E-state index in [1.807, 2.05) is 45.2 Å². The molecule has 0 aliphatic rings. The number of carboxylic acid groups (broad SMARTS) is 1. The van der Waals surface area contributed by atoms with Gasteiger partial charge < -0.3 is 19.9 Å². The summed E-state index contributed by atoms with van der Waals surface area (Å²) in [5.41, 5.74) is 0.554. The van der Waals surface area contributed by atoms with Crippen LogP contribution in [0.3, 0.4) is 0 Å². The first-order chi connectivity index (χ1) is 11.8. The first kappa shape index (κ1) is 19.1. The van der Waals surface area contributed by atoms with E-state index in [0.717, 1.165) is 23.1 Å². The molecule has 0 aliphatic heterocycles. The SMILES string of the molecule is COCCCOc1cccc2cn(CC(NC(=O)O)C(C)(C)C)nc12. The van der Waals surface area contributed by atoms with Crippen LogP contribution < -0.4 is 10.1 Å². The molecule has 0 bridgehead atoms. The van der Waals surface area contributed by atoms with Crippen molar-refractivity contribution in [3.05, 3.63) is 24.4 Å². The van der Waals surface area contributed by atoms with Crippen molar-refractivity contribution >= 4 is 17.0 Å². The molecule has 2 aromatic rings. The van der Waals surface area contributed by atoms with Crippen LogP contribution in [0.2, 0.25) is 0 Å². The maximum absolute atomic E-state index is 11.1. The summed E-state index contributed by atoms with van der Waals surface area (Å²) in [6.45, 7) is 7.67. The highest BCUT2D eigenvalue weighted by molar-refractivity contribution is 5.84. The van der Waals surface area contributed by atoms with Crippen LogP contribution in [0.25, 0.3) is 10.9 Å². The van der Waals surface area contributed by atoms with Crippen molar-refractivity contribution in [3.63, 3.8) is 0 Å². The summed E-state index contributed by atoms with van der Waals surface area (Å²) in [7, 11) is 1.67. The third-order valence-electron chi connectivity index (χ3n) is 4.01. The number of hydrogen-bond acceptors (Lipinski definition) is 4. The second-order valence-corrected chi connectivity index (χ2v) is 7.11. The van der Waals surface area contributed by atoms with E-state index in [-0.39, 0.29) is 11.5 Å². The smallest absolute Gasteiger partial charge is 0.404 e. The molecule has 1 aromatic heterocycles. The zero-order chi connectivity index (χ0) is 18.4. The first-order valence-corrected chi connectivity index (χ1v) is 8.38. The number of methoxy groups -OCH3 is 1. The predicted octanol–water partition coefficient (Wildman–Crippen LogP) is 3.13. The van der Waals surface area contributed by atoms with E-state index in [0.29, 0.717) is 19.8 Å². The number of amides is 1. The molecular formula is C18H27N3O4. The second-order valence-electron chi connectivity index (χ2n) is 7.11. The largest absolute Gasteiger partial charge is 0.491 e. The number of benzene rings is 1.